The number of imidazole rings is 1. The number of benzene rings is 1. The van der Waals surface area contributed by atoms with Gasteiger partial charge in [-0.1, -0.05) is 18.2 Å². The molecule has 3 heterocycles. The molecule has 0 unspecified atom stereocenters. The van der Waals surface area contributed by atoms with Crippen LogP contribution in [0.3, 0.4) is 0 Å². The Hall–Kier alpha value is -2.63. The number of aryl methyl sites for hydroxylation is 1. The number of aromatic amines is 2. The number of hydrogen-bond donors (Lipinski definition) is 2. The summed E-state index contributed by atoms with van der Waals surface area (Å²) in [7, 11) is 0. The van der Waals surface area contributed by atoms with Gasteiger partial charge in [0, 0.05) is 36.3 Å². The Morgan fingerprint density at radius 2 is 2.23 bits per heavy atom. The Morgan fingerprint density at radius 1 is 1.36 bits per heavy atom. The predicted molar refractivity (Wildman–Crippen MR) is 82.7 cm³/mol. The maximum Gasteiger partial charge on any atom is 0.275 e. The van der Waals surface area contributed by atoms with Gasteiger partial charge in [-0.25, -0.2) is 4.98 Å². The molecular weight excluding hydrogens is 278 g/mol. The standard InChI is InChI=1S/C16H17N5O/c1-10-8-17-15(18-10)11-6-7-21(9-11)16(22)14-12-4-2-3-5-13(12)19-20-14/h2-5,8,11H,6-7,9H2,1H3,(H,17,18)(H,19,20)/t11-/m1/s1. The first-order valence-corrected chi connectivity index (χ1v) is 7.46. The molecule has 0 bridgehead atoms. The quantitative estimate of drug-likeness (QED) is 0.761. The lowest BCUT2D eigenvalue weighted by atomic mass is 10.1. The van der Waals surface area contributed by atoms with Crippen molar-refractivity contribution in [1.29, 1.82) is 0 Å². The van der Waals surface area contributed by atoms with Gasteiger partial charge in [0.2, 0.25) is 0 Å². The first kappa shape index (κ1) is 13.1. The fourth-order valence-electron chi connectivity index (χ4n) is 3.08. The van der Waals surface area contributed by atoms with Crippen LogP contribution in [0.25, 0.3) is 10.9 Å². The van der Waals surface area contributed by atoms with E-state index in [1.54, 1.807) is 0 Å². The molecule has 2 aromatic heterocycles. The van der Waals surface area contributed by atoms with E-state index in [-0.39, 0.29) is 11.8 Å². The largest absolute Gasteiger partial charge is 0.346 e. The maximum absolute atomic E-state index is 12.7. The summed E-state index contributed by atoms with van der Waals surface area (Å²) in [5.74, 6) is 1.24. The molecule has 1 aromatic carbocycles. The number of carbonyl (C=O) groups excluding carboxylic acids is 1. The van der Waals surface area contributed by atoms with Crippen molar-refractivity contribution in [3.05, 3.63) is 47.7 Å². The second kappa shape index (κ2) is 4.98. The van der Waals surface area contributed by atoms with E-state index in [1.165, 1.54) is 0 Å². The minimum absolute atomic E-state index is 0.0109. The second-order valence-electron chi connectivity index (χ2n) is 5.81. The van der Waals surface area contributed by atoms with Gasteiger partial charge in [-0.3, -0.25) is 9.89 Å². The van der Waals surface area contributed by atoms with Gasteiger partial charge in [0.25, 0.3) is 5.91 Å². The normalized spacial score (nSPS) is 18.2. The van der Waals surface area contributed by atoms with Crippen LogP contribution in [0.1, 0.15) is 34.3 Å². The number of H-pyrrole nitrogens is 2. The van der Waals surface area contributed by atoms with Gasteiger partial charge in [0.1, 0.15) is 5.82 Å². The fraction of sp³-hybridized carbons (Fsp3) is 0.312. The molecule has 0 saturated carbocycles. The predicted octanol–water partition coefficient (Wildman–Crippen LogP) is 2.22. The first-order valence-electron chi connectivity index (χ1n) is 7.46. The Bertz CT molecular complexity index is 834. The Kier molecular flexibility index (Phi) is 2.96. The Labute approximate surface area is 127 Å². The lowest BCUT2D eigenvalue weighted by molar-refractivity contribution is 0.0786. The molecule has 22 heavy (non-hydrogen) atoms. The van der Waals surface area contributed by atoms with Crippen LogP contribution in [0.2, 0.25) is 0 Å². The summed E-state index contributed by atoms with van der Waals surface area (Å²) < 4.78 is 0. The van der Waals surface area contributed by atoms with Crippen molar-refractivity contribution >= 4 is 16.8 Å². The molecule has 1 saturated heterocycles. The van der Waals surface area contributed by atoms with Crippen LogP contribution in [-0.4, -0.2) is 44.1 Å². The van der Waals surface area contributed by atoms with E-state index in [9.17, 15) is 4.79 Å². The van der Waals surface area contributed by atoms with Gasteiger partial charge in [0.15, 0.2) is 5.69 Å². The highest BCUT2D eigenvalue weighted by atomic mass is 16.2. The summed E-state index contributed by atoms with van der Waals surface area (Å²) in [5.41, 5.74) is 2.45. The highest BCUT2D eigenvalue weighted by Crippen LogP contribution is 2.27. The third-order valence-electron chi connectivity index (χ3n) is 4.26. The van der Waals surface area contributed by atoms with Crippen LogP contribution in [0, 0.1) is 6.92 Å². The van der Waals surface area contributed by atoms with Crippen LogP contribution in [0.4, 0.5) is 0 Å². The number of nitrogens with zero attached hydrogens (tertiary/aromatic N) is 3. The zero-order chi connectivity index (χ0) is 15.1. The average molecular weight is 295 g/mol. The first-order chi connectivity index (χ1) is 10.7. The third-order valence-corrected chi connectivity index (χ3v) is 4.26. The van der Waals surface area contributed by atoms with E-state index in [4.69, 9.17) is 0 Å². The minimum atomic E-state index is -0.0109. The van der Waals surface area contributed by atoms with E-state index < -0.39 is 0 Å². The lowest BCUT2D eigenvalue weighted by Gasteiger charge is -2.14. The molecule has 2 N–H and O–H groups in total. The van der Waals surface area contributed by atoms with Crippen molar-refractivity contribution in [3.63, 3.8) is 0 Å². The maximum atomic E-state index is 12.7. The Morgan fingerprint density at radius 3 is 3.05 bits per heavy atom. The highest BCUT2D eigenvalue weighted by molar-refractivity contribution is 6.04. The van der Waals surface area contributed by atoms with Gasteiger partial charge in [-0.05, 0) is 19.4 Å². The smallest absolute Gasteiger partial charge is 0.275 e. The number of hydrogen-bond acceptors (Lipinski definition) is 3. The zero-order valence-electron chi connectivity index (χ0n) is 12.3. The van der Waals surface area contributed by atoms with E-state index in [2.05, 4.69) is 20.2 Å². The van der Waals surface area contributed by atoms with Gasteiger partial charge < -0.3 is 9.88 Å². The molecular formula is C16H17N5O. The Balaban J connectivity index is 1.57. The van der Waals surface area contributed by atoms with E-state index >= 15 is 0 Å². The number of carbonyl (C=O) groups is 1. The molecule has 1 amide bonds. The molecule has 4 rings (SSSR count). The summed E-state index contributed by atoms with van der Waals surface area (Å²) in [4.78, 5) is 22.2. The van der Waals surface area contributed by atoms with Crippen molar-refractivity contribution < 1.29 is 4.79 Å². The average Bonchev–Trinajstić information content (AvgIpc) is 3.25. The van der Waals surface area contributed by atoms with E-state index in [0.29, 0.717) is 12.2 Å². The molecule has 1 aliphatic heterocycles. The van der Waals surface area contributed by atoms with Crippen molar-refractivity contribution in [2.75, 3.05) is 13.1 Å². The van der Waals surface area contributed by atoms with Crippen LogP contribution in [-0.2, 0) is 0 Å². The topological polar surface area (TPSA) is 77.7 Å². The monoisotopic (exact) mass is 295 g/mol. The molecule has 1 aliphatic rings. The highest BCUT2D eigenvalue weighted by Gasteiger charge is 2.31. The van der Waals surface area contributed by atoms with Crippen LogP contribution in [0.5, 0.6) is 0 Å². The molecule has 3 aromatic rings. The second-order valence-corrected chi connectivity index (χ2v) is 5.81. The lowest BCUT2D eigenvalue weighted by Crippen LogP contribution is -2.29. The summed E-state index contributed by atoms with van der Waals surface area (Å²) in [5, 5.41) is 8.00. The fourth-order valence-corrected chi connectivity index (χ4v) is 3.08. The van der Waals surface area contributed by atoms with Gasteiger partial charge in [-0.2, -0.15) is 5.10 Å². The molecule has 0 radical (unpaired) electrons. The number of fused-ring (bicyclic) bond motifs is 1. The van der Waals surface area contributed by atoms with Crippen molar-refractivity contribution in [2.45, 2.75) is 19.3 Å². The molecule has 1 atom stereocenters. The number of aromatic nitrogens is 4. The third kappa shape index (κ3) is 2.07. The summed E-state index contributed by atoms with van der Waals surface area (Å²) in [6, 6.07) is 7.71. The number of nitrogens with one attached hydrogen (secondary N) is 2. The molecule has 0 spiro atoms. The molecule has 0 aliphatic carbocycles. The molecule has 112 valence electrons. The van der Waals surface area contributed by atoms with E-state index in [1.807, 2.05) is 42.3 Å². The van der Waals surface area contributed by atoms with Gasteiger partial charge in [-0.15, -0.1) is 0 Å². The number of para-hydroxylation sites is 1. The number of rotatable bonds is 2. The van der Waals surface area contributed by atoms with Crippen molar-refractivity contribution in [1.82, 2.24) is 25.1 Å². The number of amides is 1. The van der Waals surface area contributed by atoms with E-state index in [0.717, 1.165) is 35.4 Å². The van der Waals surface area contributed by atoms with Gasteiger partial charge >= 0.3 is 0 Å². The summed E-state index contributed by atoms with van der Waals surface area (Å²) in [6.07, 6.45) is 2.77. The summed E-state index contributed by atoms with van der Waals surface area (Å²) >= 11 is 0. The van der Waals surface area contributed by atoms with Crippen molar-refractivity contribution in [3.8, 4) is 0 Å². The molecule has 1 fully saturated rings. The van der Waals surface area contributed by atoms with Crippen LogP contribution < -0.4 is 0 Å². The number of likely N-dealkylation sites (tertiary alicyclic amines) is 1. The van der Waals surface area contributed by atoms with Gasteiger partial charge in [0.05, 0.1) is 5.52 Å². The minimum Gasteiger partial charge on any atom is -0.346 e. The molecule has 6 nitrogen and oxygen atoms in total. The zero-order valence-corrected chi connectivity index (χ0v) is 12.3. The van der Waals surface area contributed by atoms with Crippen LogP contribution in [0.15, 0.2) is 30.5 Å². The molecule has 6 heteroatoms. The van der Waals surface area contributed by atoms with Crippen LogP contribution >= 0.6 is 0 Å². The SMILES string of the molecule is Cc1cnc([C@@H]2CCN(C(=O)c3n[nH]c4ccccc34)C2)[nH]1. The summed E-state index contributed by atoms with van der Waals surface area (Å²) in [6.45, 7) is 3.42. The van der Waals surface area contributed by atoms with Crippen molar-refractivity contribution in [2.24, 2.45) is 0 Å².